The van der Waals surface area contributed by atoms with Crippen molar-refractivity contribution in [3.05, 3.63) is 0 Å². The molecule has 3 nitrogen and oxygen atoms in total. The Bertz CT molecular complexity index is 200. The maximum atomic E-state index is 10.6. The molecule has 0 radical (unpaired) electrons. The summed E-state index contributed by atoms with van der Waals surface area (Å²) in [5, 5.41) is 8.75. The van der Waals surface area contributed by atoms with E-state index in [1.54, 1.807) is 0 Å². The van der Waals surface area contributed by atoms with Gasteiger partial charge in [-0.25, -0.2) is 0 Å². The molecule has 0 spiro atoms. The number of carbonyl (C=O) groups is 1. The topological polar surface area (TPSA) is 40.5 Å². The average molecular weight is 227 g/mol. The standard InChI is InChI=1S/C13H25NO2/c1-2-3-6-10-14(11-9-13(15)16)12-7-4-5-8-12/h12H,2-11H2,1H3,(H,15,16). The Morgan fingerprint density at radius 1 is 1.25 bits per heavy atom. The Balaban J connectivity index is 2.30. The summed E-state index contributed by atoms with van der Waals surface area (Å²) in [5.74, 6) is -0.668. The molecule has 0 heterocycles. The Labute approximate surface area is 98.8 Å². The highest BCUT2D eigenvalue weighted by molar-refractivity contribution is 5.66. The van der Waals surface area contributed by atoms with Gasteiger partial charge >= 0.3 is 5.97 Å². The molecular formula is C13H25NO2. The molecule has 0 aliphatic heterocycles. The molecule has 3 heteroatoms. The lowest BCUT2D eigenvalue weighted by Gasteiger charge is -2.28. The summed E-state index contributed by atoms with van der Waals surface area (Å²) in [4.78, 5) is 13.0. The van der Waals surface area contributed by atoms with Crippen molar-refractivity contribution in [1.82, 2.24) is 4.90 Å². The number of carboxylic acids is 1. The van der Waals surface area contributed by atoms with Gasteiger partial charge in [0.05, 0.1) is 6.42 Å². The van der Waals surface area contributed by atoms with Crippen LogP contribution in [0.5, 0.6) is 0 Å². The summed E-state index contributed by atoms with van der Waals surface area (Å²) >= 11 is 0. The van der Waals surface area contributed by atoms with Gasteiger partial charge in [-0.2, -0.15) is 0 Å². The van der Waals surface area contributed by atoms with Gasteiger partial charge in [0.15, 0.2) is 0 Å². The number of hydrogen-bond acceptors (Lipinski definition) is 2. The van der Waals surface area contributed by atoms with Gasteiger partial charge < -0.3 is 5.11 Å². The summed E-state index contributed by atoms with van der Waals surface area (Å²) in [7, 11) is 0. The minimum Gasteiger partial charge on any atom is -0.481 e. The van der Waals surface area contributed by atoms with Crippen molar-refractivity contribution in [2.45, 2.75) is 64.3 Å². The van der Waals surface area contributed by atoms with Crippen LogP contribution in [0, 0.1) is 0 Å². The zero-order chi connectivity index (χ0) is 11.8. The Hall–Kier alpha value is -0.570. The number of hydrogen-bond donors (Lipinski definition) is 1. The number of carboxylic acid groups (broad SMARTS) is 1. The highest BCUT2D eigenvalue weighted by atomic mass is 16.4. The van der Waals surface area contributed by atoms with Crippen molar-refractivity contribution in [2.24, 2.45) is 0 Å². The Morgan fingerprint density at radius 2 is 1.94 bits per heavy atom. The van der Waals surface area contributed by atoms with Gasteiger partial charge in [-0.1, -0.05) is 32.6 Å². The summed E-state index contributed by atoms with van der Waals surface area (Å²) in [5.41, 5.74) is 0. The van der Waals surface area contributed by atoms with Crippen molar-refractivity contribution in [1.29, 1.82) is 0 Å². The maximum absolute atomic E-state index is 10.6. The van der Waals surface area contributed by atoms with Gasteiger partial charge in [0, 0.05) is 12.6 Å². The molecule has 1 aliphatic rings. The van der Waals surface area contributed by atoms with E-state index in [4.69, 9.17) is 5.11 Å². The second kappa shape index (κ2) is 7.66. The van der Waals surface area contributed by atoms with Crippen LogP contribution < -0.4 is 0 Å². The van der Waals surface area contributed by atoms with E-state index < -0.39 is 5.97 Å². The predicted molar refractivity (Wildman–Crippen MR) is 65.6 cm³/mol. The highest BCUT2D eigenvalue weighted by Gasteiger charge is 2.22. The lowest BCUT2D eigenvalue weighted by Crippen LogP contribution is -2.35. The van der Waals surface area contributed by atoms with Crippen molar-refractivity contribution < 1.29 is 9.90 Å². The molecule has 0 aromatic carbocycles. The van der Waals surface area contributed by atoms with Crippen molar-refractivity contribution in [2.75, 3.05) is 13.1 Å². The summed E-state index contributed by atoms with van der Waals surface area (Å²) in [6.45, 7) is 4.03. The van der Waals surface area contributed by atoms with Crippen LogP contribution in [0.4, 0.5) is 0 Å². The number of nitrogens with zero attached hydrogens (tertiary/aromatic N) is 1. The van der Waals surface area contributed by atoms with Crippen LogP contribution in [-0.2, 0) is 4.79 Å². The molecule has 1 N–H and O–H groups in total. The van der Waals surface area contributed by atoms with E-state index in [9.17, 15) is 4.79 Å². The van der Waals surface area contributed by atoms with Crippen molar-refractivity contribution in [3.8, 4) is 0 Å². The molecule has 1 rings (SSSR count). The summed E-state index contributed by atoms with van der Waals surface area (Å²) < 4.78 is 0. The first-order valence-corrected chi connectivity index (χ1v) is 6.70. The van der Waals surface area contributed by atoms with Crippen LogP contribution in [0.15, 0.2) is 0 Å². The second-order valence-corrected chi connectivity index (χ2v) is 4.83. The quantitative estimate of drug-likeness (QED) is 0.648. The fourth-order valence-corrected chi connectivity index (χ4v) is 2.55. The minimum absolute atomic E-state index is 0.294. The molecule has 0 aromatic rings. The molecule has 1 fully saturated rings. The van der Waals surface area contributed by atoms with Crippen molar-refractivity contribution in [3.63, 3.8) is 0 Å². The largest absolute Gasteiger partial charge is 0.481 e. The first-order chi connectivity index (χ1) is 7.74. The normalized spacial score (nSPS) is 17.1. The minimum atomic E-state index is -0.668. The number of rotatable bonds is 8. The molecule has 1 saturated carbocycles. The van der Waals surface area contributed by atoms with Crippen LogP contribution in [0.3, 0.4) is 0 Å². The zero-order valence-electron chi connectivity index (χ0n) is 10.5. The van der Waals surface area contributed by atoms with E-state index in [2.05, 4.69) is 11.8 Å². The smallest absolute Gasteiger partial charge is 0.304 e. The molecule has 0 bridgehead atoms. The fourth-order valence-electron chi connectivity index (χ4n) is 2.55. The molecule has 0 unspecified atom stereocenters. The predicted octanol–water partition coefficient (Wildman–Crippen LogP) is 2.90. The van der Waals surface area contributed by atoms with E-state index in [1.165, 1.54) is 44.9 Å². The molecule has 0 atom stereocenters. The molecule has 0 amide bonds. The lowest BCUT2D eigenvalue weighted by atomic mass is 10.1. The lowest BCUT2D eigenvalue weighted by molar-refractivity contribution is -0.137. The molecule has 16 heavy (non-hydrogen) atoms. The first kappa shape index (κ1) is 13.5. The van der Waals surface area contributed by atoms with E-state index in [0.29, 0.717) is 12.5 Å². The van der Waals surface area contributed by atoms with Crippen LogP contribution >= 0.6 is 0 Å². The third kappa shape index (κ3) is 4.97. The third-order valence-electron chi connectivity index (χ3n) is 3.50. The van der Waals surface area contributed by atoms with Gasteiger partial charge in [0.25, 0.3) is 0 Å². The van der Waals surface area contributed by atoms with E-state index >= 15 is 0 Å². The Morgan fingerprint density at radius 3 is 2.50 bits per heavy atom. The van der Waals surface area contributed by atoms with Gasteiger partial charge in [0.1, 0.15) is 0 Å². The highest BCUT2D eigenvalue weighted by Crippen LogP contribution is 2.24. The Kier molecular flexibility index (Phi) is 6.46. The van der Waals surface area contributed by atoms with Gasteiger partial charge in [0.2, 0.25) is 0 Å². The van der Waals surface area contributed by atoms with Crippen LogP contribution in [0.2, 0.25) is 0 Å². The number of unbranched alkanes of at least 4 members (excludes halogenated alkanes) is 2. The van der Waals surface area contributed by atoms with E-state index in [0.717, 1.165) is 13.1 Å². The van der Waals surface area contributed by atoms with Gasteiger partial charge in [-0.15, -0.1) is 0 Å². The second-order valence-electron chi connectivity index (χ2n) is 4.83. The van der Waals surface area contributed by atoms with Gasteiger partial charge in [-0.05, 0) is 25.8 Å². The van der Waals surface area contributed by atoms with E-state index in [-0.39, 0.29) is 0 Å². The SMILES string of the molecule is CCCCCN(CCC(=O)O)C1CCCC1. The van der Waals surface area contributed by atoms with Crippen LogP contribution in [-0.4, -0.2) is 35.1 Å². The molecule has 0 aromatic heterocycles. The van der Waals surface area contributed by atoms with E-state index in [1.807, 2.05) is 0 Å². The monoisotopic (exact) mass is 227 g/mol. The average Bonchev–Trinajstić information content (AvgIpc) is 2.76. The molecular weight excluding hydrogens is 202 g/mol. The van der Waals surface area contributed by atoms with Crippen LogP contribution in [0.1, 0.15) is 58.3 Å². The molecule has 94 valence electrons. The fraction of sp³-hybridized carbons (Fsp3) is 0.923. The zero-order valence-corrected chi connectivity index (χ0v) is 10.5. The van der Waals surface area contributed by atoms with Crippen LogP contribution in [0.25, 0.3) is 0 Å². The van der Waals surface area contributed by atoms with Gasteiger partial charge in [-0.3, -0.25) is 9.69 Å². The first-order valence-electron chi connectivity index (χ1n) is 6.70. The third-order valence-corrected chi connectivity index (χ3v) is 3.50. The van der Waals surface area contributed by atoms with Crippen molar-refractivity contribution >= 4 is 5.97 Å². The molecule has 1 aliphatic carbocycles. The number of aliphatic carboxylic acids is 1. The summed E-state index contributed by atoms with van der Waals surface area (Å²) in [6, 6.07) is 0.663. The molecule has 0 saturated heterocycles. The summed E-state index contributed by atoms with van der Waals surface area (Å²) in [6.07, 6.45) is 9.19. The maximum Gasteiger partial charge on any atom is 0.304 e.